The lowest BCUT2D eigenvalue weighted by Gasteiger charge is -2.07. The molecular weight excluding hydrogens is 376 g/mol. The predicted octanol–water partition coefficient (Wildman–Crippen LogP) is 4.83. The van der Waals surface area contributed by atoms with Crippen LogP contribution < -0.4 is 10.1 Å². The Hall–Kier alpha value is -4.26. The number of nitrogens with one attached hydrogen (secondary N) is 2. The molecule has 3 heterocycles. The minimum Gasteiger partial charge on any atom is -0.497 e. The number of ether oxygens (including phenoxy) is 1. The van der Waals surface area contributed by atoms with Gasteiger partial charge in [-0.3, -0.25) is 4.98 Å². The molecule has 30 heavy (non-hydrogen) atoms. The van der Waals surface area contributed by atoms with Crippen molar-refractivity contribution in [1.29, 1.82) is 0 Å². The molecule has 0 aliphatic carbocycles. The molecule has 5 rings (SSSR count). The largest absolute Gasteiger partial charge is 0.497 e. The van der Waals surface area contributed by atoms with Crippen LogP contribution in [0.4, 0.5) is 11.5 Å². The SMILES string of the molecule is COc1ccc2nc(-c3cccc(Nc4cnc(-c5ccccn5)cn4)c3)[nH]c2c1. The van der Waals surface area contributed by atoms with Crippen LogP contribution in [0.2, 0.25) is 0 Å². The Labute approximate surface area is 172 Å². The highest BCUT2D eigenvalue weighted by molar-refractivity contribution is 5.81. The van der Waals surface area contributed by atoms with Gasteiger partial charge in [-0.15, -0.1) is 0 Å². The molecule has 7 nitrogen and oxygen atoms in total. The number of benzene rings is 2. The van der Waals surface area contributed by atoms with E-state index in [1.54, 1.807) is 25.7 Å². The zero-order valence-corrected chi connectivity index (χ0v) is 16.2. The van der Waals surface area contributed by atoms with Gasteiger partial charge in [0.05, 0.1) is 36.2 Å². The molecule has 2 aromatic carbocycles. The Kier molecular flexibility index (Phi) is 4.53. The molecule has 0 radical (unpaired) electrons. The second kappa shape index (κ2) is 7.63. The van der Waals surface area contributed by atoms with E-state index in [1.165, 1.54) is 0 Å². The van der Waals surface area contributed by atoms with Gasteiger partial charge in [0.25, 0.3) is 0 Å². The number of anilines is 2. The maximum atomic E-state index is 5.28. The van der Waals surface area contributed by atoms with E-state index in [9.17, 15) is 0 Å². The highest BCUT2D eigenvalue weighted by atomic mass is 16.5. The average Bonchev–Trinajstić information content (AvgIpc) is 3.24. The molecule has 0 saturated heterocycles. The minimum absolute atomic E-state index is 0.654. The van der Waals surface area contributed by atoms with Crippen molar-refractivity contribution in [3.63, 3.8) is 0 Å². The lowest BCUT2D eigenvalue weighted by atomic mass is 10.2. The number of hydrogen-bond acceptors (Lipinski definition) is 6. The Morgan fingerprint density at radius 3 is 2.63 bits per heavy atom. The van der Waals surface area contributed by atoms with E-state index in [2.05, 4.69) is 30.2 Å². The number of fused-ring (bicyclic) bond motifs is 1. The first-order valence-electron chi connectivity index (χ1n) is 9.43. The van der Waals surface area contributed by atoms with Gasteiger partial charge in [0.1, 0.15) is 23.1 Å². The van der Waals surface area contributed by atoms with Gasteiger partial charge in [0, 0.05) is 23.5 Å². The van der Waals surface area contributed by atoms with Crippen LogP contribution in [0.25, 0.3) is 33.8 Å². The van der Waals surface area contributed by atoms with Crippen molar-refractivity contribution >= 4 is 22.5 Å². The Bertz CT molecular complexity index is 1300. The van der Waals surface area contributed by atoms with E-state index >= 15 is 0 Å². The fraction of sp³-hybridized carbons (Fsp3) is 0.0435. The smallest absolute Gasteiger partial charge is 0.148 e. The van der Waals surface area contributed by atoms with E-state index in [-0.39, 0.29) is 0 Å². The molecular formula is C23H18N6O. The van der Waals surface area contributed by atoms with Crippen molar-refractivity contribution in [2.24, 2.45) is 0 Å². The molecule has 7 heteroatoms. The van der Waals surface area contributed by atoms with Crippen molar-refractivity contribution < 1.29 is 4.74 Å². The summed E-state index contributed by atoms with van der Waals surface area (Å²) in [5, 5.41) is 3.29. The third kappa shape index (κ3) is 3.56. The minimum atomic E-state index is 0.654. The molecule has 0 fully saturated rings. The first-order valence-corrected chi connectivity index (χ1v) is 9.43. The quantitative estimate of drug-likeness (QED) is 0.444. The molecule has 146 valence electrons. The molecule has 0 spiro atoms. The summed E-state index contributed by atoms with van der Waals surface area (Å²) < 4.78 is 5.28. The van der Waals surface area contributed by atoms with Crippen LogP contribution in [0.15, 0.2) is 79.3 Å². The van der Waals surface area contributed by atoms with Gasteiger partial charge < -0.3 is 15.0 Å². The molecule has 2 N–H and O–H groups in total. The van der Waals surface area contributed by atoms with Gasteiger partial charge in [0.2, 0.25) is 0 Å². The molecule has 5 aromatic rings. The standard InChI is InChI=1S/C23H18N6O/c1-30-17-8-9-19-20(12-17)29-23(28-19)15-5-4-6-16(11-15)27-22-14-25-21(13-26-22)18-7-2-3-10-24-18/h2-14H,1H3,(H,26,27)(H,28,29). The summed E-state index contributed by atoms with van der Waals surface area (Å²) in [7, 11) is 1.65. The van der Waals surface area contributed by atoms with E-state index in [0.29, 0.717) is 5.82 Å². The topological polar surface area (TPSA) is 88.6 Å². The summed E-state index contributed by atoms with van der Waals surface area (Å²) in [5.74, 6) is 2.24. The second-order valence-electron chi connectivity index (χ2n) is 6.68. The molecule has 0 aliphatic heterocycles. The van der Waals surface area contributed by atoms with E-state index in [1.807, 2.05) is 60.7 Å². The van der Waals surface area contributed by atoms with Crippen molar-refractivity contribution in [1.82, 2.24) is 24.9 Å². The number of pyridine rings is 1. The molecule has 0 unspecified atom stereocenters. The monoisotopic (exact) mass is 394 g/mol. The van der Waals surface area contributed by atoms with Gasteiger partial charge in [0.15, 0.2) is 0 Å². The normalized spacial score (nSPS) is 10.8. The third-order valence-electron chi connectivity index (χ3n) is 4.68. The van der Waals surface area contributed by atoms with Crippen molar-refractivity contribution in [3.05, 3.63) is 79.3 Å². The van der Waals surface area contributed by atoms with E-state index in [0.717, 1.165) is 45.2 Å². The molecule has 0 bridgehead atoms. The first-order chi connectivity index (χ1) is 14.8. The van der Waals surface area contributed by atoms with Crippen LogP contribution in [-0.2, 0) is 0 Å². The summed E-state index contributed by atoms with van der Waals surface area (Å²) in [5.41, 5.74) is 5.20. The number of rotatable bonds is 5. The summed E-state index contributed by atoms with van der Waals surface area (Å²) in [6.45, 7) is 0. The van der Waals surface area contributed by atoms with Gasteiger partial charge >= 0.3 is 0 Å². The molecule has 3 aromatic heterocycles. The molecule has 0 amide bonds. The summed E-state index contributed by atoms with van der Waals surface area (Å²) >= 11 is 0. The van der Waals surface area contributed by atoms with Gasteiger partial charge in [-0.2, -0.15) is 0 Å². The van der Waals surface area contributed by atoms with Gasteiger partial charge in [-0.1, -0.05) is 18.2 Å². The maximum Gasteiger partial charge on any atom is 0.148 e. The number of nitrogens with zero attached hydrogens (tertiary/aromatic N) is 4. The summed E-state index contributed by atoms with van der Waals surface area (Å²) in [6, 6.07) is 19.5. The van der Waals surface area contributed by atoms with E-state index in [4.69, 9.17) is 4.74 Å². The zero-order chi connectivity index (χ0) is 20.3. The van der Waals surface area contributed by atoms with Crippen LogP contribution >= 0.6 is 0 Å². The third-order valence-corrected chi connectivity index (χ3v) is 4.68. The highest BCUT2D eigenvalue weighted by Gasteiger charge is 2.08. The van der Waals surface area contributed by atoms with Crippen molar-refractivity contribution in [3.8, 4) is 28.5 Å². The number of hydrogen-bond donors (Lipinski definition) is 2. The molecule has 0 atom stereocenters. The predicted molar refractivity (Wildman–Crippen MR) is 117 cm³/mol. The number of imidazole rings is 1. The van der Waals surface area contributed by atoms with Crippen LogP contribution in [0, 0.1) is 0 Å². The Balaban J connectivity index is 1.39. The fourth-order valence-electron chi connectivity index (χ4n) is 3.18. The van der Waals surface area contributed by atoms with Crippen LogP contribution in [0.3, 0.4) is 0 Å². The number of aromatic nitrogens is 5. The van der Waals surface area contributed by atoms with Gasteiger partial charge in [-0.05, 0) is 36.4 Å². The summed E-state index contributed by atoms with van der Waals surface area (Å²) in [4.78, 5) is 21.2. The number of aromatic amines is 1. The first kappa shape index (κ1) is 17.8. The van der Waals surface area contributed by atoms with Crippen LogP contribution in [0.1, 0.15) is 0 Å². The lowest BCUT2D eigenvalue weighted by molar-refractivity contribution is 0.415. The Morgan fingerprint density at radius 2 is 1.83 bits per heavy atom. The van der Waals surface area contributed by atoms with Gasteiger partial charge in [-0.25, -0.2) is 15.0 Å². The van der Waals surface area contributed by atoms with E-state index < -0.39 is 0 Å². The molecule has 0 saturated carbocycles. The molecule has 0 aliphatic rings. The maximum absolute atomic E-state index is 5.28. The number of H-pyrrole nitrogens is 1. The zero-order valence-electron chi connectivity index (χ0n) is 16.2. The Morgan fingerprint density at radius 1 is 0.867 bits per heavy atom. The fourth-order valence-corrected chi connectivity index (χ4v) is 3.18. The van der Waals surface area contributed by atoms with Crippen molar-refractivity contribution in [2.75, 3.05) is 12.4 Å². The van der Waals surface area contributed by atoms with Crippen LogP contribution in [0.5, 0.6) is 5.75 Å². The highest BCUT2D eigenvalue weighted by Crippen LogP contribution is 2.26. The average molecular weight is 394 g/mol. The number of methoxy groups -OCH3 is 1. The lowest BCUT2D eigenvalue weighted by Crippen LogP contribution is -1.96. The van der Waals surface area contributed by atoms with Crippen LogP contribution in [-0.4, -0.2) is 32.0 Å². The summed E-state index contributed by atoms with van der Waals surface area (Å²) in [6.07, 6.45) is 5.15. The van der Waals surface area contributed by atoms with Crippen molar-refractivity contribution in [2.45, 2.75) is 0 Å². The second-order valence-corrected chi connectivity index (χ2v) is 6.68.